The molecule has 1 unspecified atom stereocenters. The Morgan fingerprint density at radius 3 is 2.63 bits per heavy atom. The lowest BCUT2D eigenvalue weighted by molar-refractivity contribution is 0.632. The van der Waals surface area contributed by atoms with Gasteiger partial charge in [0.2, 0.25) is 5.95 Å². The number of aromatic nitrogens is 2. The van der Waals surface area contributed by atoms with E-state index >= 15 is 0 Å². The first kappa shape index (κ1) is 17.7. The topological polar surface area (TPSA) is 63.8 Å². The molecule has 0 bridgehead atoms. The van der Waals surface area contributed by atoms with Gasteiger partial charge >= 0.3 is 0 Å². The highest BCUT2D eigenvalue weighted by Crippen LogP contribution is 2.37. The van der Waals surface area contributed by atoms with Gasteiger partial charge in [-0.1, -0.05) is 41.9 Å². The van der Waals surface area contributed by atoms with Crippen molar-refractivity contribution in [1.82, 2.24) is 9.97 Å². The Hall–Kier alpha value is -2.70. The highest BCUT2D eigenvalue weighted by atomic mass is 35.5. The first-order valence-electron chi connectivity index (χ1n) is 8.35. The third kappa shape index (κ3) is 3.34. The van der Waals surface area contributed by atoms with Crippen molar-refractivity contribution in [3.63, 3.8) is 0 Å². The van der Waals surface area contributed by atoms with Crippen LogP contribution in [0.5, 0.6) is 0 Å². The largest absolute Gasteiger partial charge is 0.368 e. The lowest BCUT2D eigenvalue weighted by Gasteiger charge is -2.17. The summed E-state index contributed by atoms with van der Waals surface area (Å²) in [4.78, 5) is 9.87. The maximum Gasteiger partial charge on any atom is 0.222 e. The van der Waals surface area contributed by atoms with Crippen LogP contribution in [0.2, 0.25) is 5.02 Å². The third-order valence-electron chi connectivity index (χ3n) is 4.31. The summed E-state index contributed by atoms with van der Waals surface area (Å²) in [6.07, 6.45) is 0. The van der Waals surface area contributed by atoms with Gasteiger partial charge in [-0.2, -0.15) is 4.98 Å². The van der Waals surface area contributed by atoms with E-state index in [2.05, 4.69) is 15.3 Å². The molecule has 4 aromatic rings. The van der Waals surface area contributed by atoms with E-state index in [1.807, 2.05) is 42.6 Å². The Bertz CT molecular complexity index is 1110. The van der Waals surface area contributed by atoms with Crippen molar-refractivity contribution in [3.8, 4) is 11.1 Å². The number of thiophene rings is 1. The molecule has 0 aliphatic heterocycles. The van der Waals surface area contributed by atoms with Crippen LogP contribution in [0, 0.1) is 5.82 Å². The van der Waals surface area contributed by atoms with Gasteiger partial charge in [0.25, 0.3) is 0 Å². The molecule has 4 rings (SSSR count). The lowest BCUT2D eigenvalue weighted by Crippen LogP contribution is -2.09. The summed E-state index contributed by atoms with van der Waals surface area (Å²) < 4.78 is 14.7. The standard InChI is InChI=1S/C20H16ClFN4S/c1-11(16-9-4-10-27-16)24-19-17-12(13-6-2-7-14(21)18(13)22)5-3-8-15(17)25-20(23)26-19/h2-11H,1H3,(H3,23,24,25,26). The van der Waals surface area contributed by atoms with E-state index in [0.29, 0.717) is 27.8 Å². The van der Waals surface area contributed by atoms with Crippen LogP contribution in [-0.4, -0.2) is 9.97 Å². The zero-order chi connectivity index (χ0) is 19.0. The summed E-state index contributed by atoms with van der Waals surface area (Å²) in [6, 6.07) is 14.5. The van der Waals surface area contributed by atoms with Crippen LogP contribution >= 0.6 is 22.9 Å². The number of nitrogens with zero attached hydrogens (tertiary/aromatic N) is 2. The Balaban J connectivity index is 1.92. The zero-order valence-corrected chi connectivity index (χ0v) is 16.0. The third-order valence-corrected chi connectivity index (χ3v) is 5.65. The summed E-state index contributed by atoms with van der Waals surface area (Å²) in [5.74, 6) is 0.251. The van der Waals surface area contributed by atoms with E-state index in [1.54, 1.807) is 23.5 Å². The second-order valence-electron chi connectivity index (χ2n) is 6.11. The summed E-state index contributed by atoms with van der Waals surface area (Å²) in [6.45, 7) is 2.04. The maximum atomic E-state index is 14.7. The number of anilines is 2. The predicted molar refractivity (Wildman–Crippen MR) is 111 cm³/mol. The van der Waals surface area contributed by atoms with Gasteiger partial charge in [-0.25, -0.2) is 9.37 Å². The molecule has 0 amide bonds. The summed E-state index contributed by atoms with van der Waals surface area (Å²) in [7, 11) is 0. The molecule has 0 spiro atoms. The van der Waals surface area contributed by atoms with Gasteiger partial charge in [-0.3, -0.25) is 0 Å². The molecule has 0 saturated carbocycles. The number of fused-ring (bicyclic) bond motifs is 1. The minimum absolute atomic E-state index is 0.0137. The smallest absolute Gasteiger partial charge is 0.222 e. The fourth-order valence-electron chi connectivity index (χ4n) is 3.06. The van der Waals surface area contributed by atoms with E-state index in [0.717, 1.165) is 4.88 Å². The zero-order valence-electron chi connectivity index (χ0n) is 14.4. The molecule has 3 N–H and O–H groups in total. The van der Waals surface area contributed by atoms with E-state index in [-0.39, 0.29) is 17.0 Å². The SMILES string of the molecule is CC(Nc1nc(N)nc2cccc(-c3cccc(Cl)c3F)c12)c1cccs1. The van der Waals surface area contributed by atoms with Gasteiger partial charge in [0.05, 0.1) is 22.0 Å². The number of benzene rings is 2. The molecular weight excluding hydrogens is 383 g/mol. The molecule has 0 aliphatic rings. The molecule has 0 aliphatic carbocycles. The van der Waals surface area contributed by atoms with Crippen molar-refractivity contribution in [2.45, 2.75) is 13.0 Å². The van der Waals surface area contributed by atoms with E-state index in [9.17, 15) is 4.39 Å². The molecule has 0 fully saturated rings. The minimum atomic E-state index is -0.472. The minimum Gasteiger partial charge on any atom is -0.368 e. The quantitative estimate of drug-likeness (QED) is 0.448. The number of rotatable bonds is 4. The first-order valence-corrected chi connectivity index (χ1v) is 9.61. The van der Waals surface area contributed by atoms with Gasteiger partial charge in [0, 0.05) is 10.4 Å². The van der Waals surface area contributed by atoms with Crippen LogP contribution in [0.25, 0.3) is 22.0 Å². The first-order chi connectivity index (χ1) is 13.0. The molecule has 2 aromatic carbocycles. The Morgan fingerprint density at radius 2 is 1.85 bits per heavy atom. The lowest BCUT2D eigenvalue weighted by atomic mass is 10.00. The van der Waals surface area contributed by atoms with Crippen LogP contribution < -0.4 is 11.1 Å². The molecular formula is C20H16ClFN4S. The highest BCUT2D eigenvalue weighted by molar-refractivity contribution is 7.10. The number of halogens is 2. The van der Waals surface area contributed by atoms with Crippen LogP contribution in [0.4, 0.5) is 16.2 Å². The number of nitrogens with one attached hydrogen (secondary N) is 1. The Morgan fingerprint density at radius 1 is 1.07 bits per heavy atom. The molecule has 27 heavy (non-hydrogen) atoms. The second kappa shape index (κ2) is 7.13. The number of hydrogen-bond acceptors (Lipinski definition) is 5. The van der Waals surface area contributed by atoms with Crippen molar-refractivity contribution < 1.29 is 4.39 Å². The van der Waals surface area contributed by atoms with E-state index in [4.69, 9.17) is 17.3 Å². The predicted octanol–water partition coefficient (Wildman–Crippen LogP) is 5.91. The molecule has 4 nitrogen and oxygen atoms in total. The van der Waals surface area contributed by atoms with Gasteiger partial charge in [0.15, 0.2) is 0 Å². The van der Waals surface area contributed by atoms with Gasteiger partial charge < -0.3 is 11.1 Å². The Kier molecular flexibility index (Phi) is 4.68. The van der Waals surface area contributed by atoms with Crippen LogP contribution in [-0.2, 0) is 0 Å². The van der Waals surface area contributed by atoms with E-state index < -0.39 is 5.82 Å². The molecule has 0 saturated heterocycles. The highest BCUT2D eigenvalue weighted by Gasteiger charge is 2.18. The molecule has 2 heterocycles. The average Bonchev–Trinajstić information content (AvgIpc) is 3.18. The average molecular weight is 399 g/mol. The molecule has 7 heteroatoms. The Labute approximate surface area is 164 Å². The van der Waals surface area contributed by atoms with Crippen LogP contribution in [0.15, 0.2) is 53.9 Å². The van der Waals surface area contributed by atoms with Crippen LogP contribution in [0.1, 0.15) is 17.8 Å². The number of nitrogen functional groups attached to an aromatic ring is 1. The van der Waals surface area contributed by atoms with Crippen molar-refractivity contribution >= 4 is 45.6 Å². The number of hydrogen-bond donors (Lipinski definition) is 2. The van der Waals surface area contributed by atoms with Crippen molar-refractivity contribution in [2.24, 2.45) is 0 Å². The number of nitrogens with two attached hydrogens (primary N) is 1. The fourth-order valence-corrected chi connectivity index (χ4v) is 3.96. The van der Waals surface area contributed by atoms with Gasteiger partial charge in [-0.05, 0) is 36.1 Å². The molecule has 1 atom stereocenters. The monoisotopic (exact) mass is 398 g/mol. The normalized spacial score (nSPS) is 12.3. The van der Waals surface area contributed by atoms with Crippen LogP contribution in [0.3, 0.4) is 0 Å². The second-order valence-corrected chi connectivity index (χ2v) is 7.50. The molecule has 0 radical (unpaired) electrons. The van der Waals surface area contributed by atoms with Gasteiger partial charge in [-0.15, -0.1) is 11.3 Å². The summed E-state index contributed by atoms with van der Waals surface area (Å²) in [5.41, 5.74) is 7.60. The van der Waals surface area contributed by atoms with Crippen molar-refractivity contribution in [2.75, 3.05) is 11.1 Å². The van der Waals surface area contributed by atoms with Crippen molar-refractivity contribution in [1.29, 1.82) is 0 Å². The summed E-state index contributed by atoms with van der Waals surface area (Å²) >= 11 is 7.64. The summed E-state index contributed by atoms with van der Waals surface area (Å²) in [5, 5.41) is 6.19. The molecule has 2 aromatic heterocycles. The maximum absolute atomic E-state index is 14.7. The fraction of sp³-hybridized carbons (Fsp3) is 0.100. The molecule has 136 valence electrons. The van der Waals surface area contributed by atoms with Crippen molar-refractivity contribution in [3.05, 3.63) is 69.6 Å². The van der Waals surface area contributed by atoms with Gasteiger partial charge in [0.1, 0.15) is 11.6 Å². The van der Waals surface area contributed by atoms with E-state index in [1.165, 1.54) is 6.07 Å².